The first kappa shape index (κ1) is 20.3. The number of benzene rings is 1. The van der Waals surface area contributed by atoms with E-state index in [4.69, 9.17) is 0 Å². The average molecular weight is 394 g/mol. The highest BCUT2D eigenvalue weighted by atomic mass is 16.2. The van der Waals surface area contributed by atoms with E-state index in [0.29, 0.717) is 29.6 Å². The molecular weight excluding hydrogens is 368 g/mol. The molecule has 0 amide bonds. The maximum absolute atomic E-state index is 12.4. The van der Waals surface area contributed by atoms with E-state index in [9.17, 15) is 9.59 Å². The molecule has 0 bridgehead atoms. The van der Waals surface area contributed by atoms with Gasteiger partial charge in [-0.25, -0.2) is 10.2 Å². The third-order valence-electron chi connectivity index (χ3n) is 4.59. The van der Waals surface area contributed by atoms with Crippen LogP contribution in [0.25, 0.3) is 17.2 Å². The van der Waals surface area contributed by atoms with Crippen LogP contribution in [-0.2, 0) is 13.6 Å². The lowest BCUT2D eigenvalue weighted by Gasteiger charge is -2.10. The Balaban J connectivity index is 1.95. The topological polar surface area (TPSA) is 97.1 Å². The van der Waals surface area contributed by atoms with Crippen molar-refractivity contribution in [3.8, 4) is 0 Å². The highest BCUT2D eigenvalue weighted by molar-refractivity contribution is 5.96. The van der Waals surface area contributed by atoms with Gasteiger partial charge in [-0.3, -0.25) is 14.3 Å². The van der Waals surface area contributed by atoms with Gasteiger partial charge in [0.2, 0.25) is 5.95 Å². The van der Waals surface area contributed by atoms with Crippen LogP contribution in [0.3, 0.4) is 0 Å². The van der Waals surface area contributed by atoms with Gasteiger partial charge in [-0.2, -0.15) is 10.1 Å². The zero-order chi connectivity index (χ0) is 21.0. The first-order chi connectivity index (χ1) is 13.9. The van der Waals surface area contributed by atoms with E-state index < -0.39 is 11.2 Å². The summed E-state index contributed by atoms with van der Waals surface area (Å²) in [6.45, 7) is 6.69. The van der Waals surface area contributed by atoms with Crippen molar-refractivity contribution < 1.29 is 0 Å². The van der Waals surface area contributed by atoms with Crippen LogP contribution in [0.4, 0.5) is 5.95 Å². The van der Waals surface area contributed by atoms with Crippen LogP contribution in [0.5, 0.6) is 0 Å². The third kappa shape index (κ3) is 4.71. The molecule has 0 spiro atoms. The van der Waals surface area contributed by atoms with Gasteiger partial charge in [0.05, 0.1) is 5.71 Å². The minimum absolute atomic E-state index is 0.331. The number of hydrazone groups is 1. The zero-order valence-electron chi connectivity index (χ0n) is 17.1. The van der Waals surface area contributed by atoms with Crippen molar-refractivity contribution in [1.29, 1.82) is 0 Å². The molecule has 0 aliphatic rings. The number of imidazole rings is 1. The van der Waals surface area contributed by atoms with Crippen LogP contribution < -0.4 is 16.7 Å². The molecule has 0 aliphatic heterocycles. The summed E-state index contributed by atoms with van der Waals surface area (Å²) in [7, 11) is 1.58. The number of hydrogen-bond donors (Lipinski definition) is 2. The van der Waals surface area contributed by atoms with E-state index in [2.05, 4.69) is 34.3 Å². The van der Waals surface area contributed by atoms with Crippen molar-refractivity contribution in [1.82, 2.24) is 19.1 Å². The van der Waals surface area contributed by atoms with Crippen molar-refractivity contribution in [2.24, 2.45) is 18.1 Å². The largest absolute Gasteiger partial charge is 0.329 e. The summed E-state index contributed by atoms with van der Waals surface area (Å²) in [5.41, 5.74) is 4.54. The third-order valence-corrected chi connectivity index (χ3v) is 4.59. The van der Waals surface area contributed by atoms with Crippen molar-refractivity contribution in [2.45, 2.75) is 33.7 Å². The SMILES string of the molecule is CC(/C=C/c1ccccc1)=N/Nc1nc2c(c(=O)[nH]c(=O)n2C)n1CCC(C)C. The summed E-state index contributed by atoms with van der Waals surface area (Å²) >= 11 is 0. The molecule has 8 heteroatoms. The average Bonchev–Trinajstić information content (AvgIpc) is 3.07. The number of aromatic amines is 1. The maximum Gasteiger partial charge on any atom is 0.329 e. The number of allylic oxidation sites excluding steroid dienone is 1. The van der Waals surface area contributed by atoms with Crippen LogP contribution in [-0.4, -0.2) is 24.8 Å². The van der Waals surface area contributed by atoms with Gasteiger partial charge < -0.3 is 4.57 Å². The molecule has 0 fully saturated rings. The highest BCUT2D eigenvalue weighted by Gasteiger charge is 2.17. The van der Waals surface area contributed by atoms with E-state index >= 15 is 0 Å². The Hall–Kier alpha value is -3.42. The first-order valence-electron chi connectivity index (χ1n) is 9.59. The predicted octanol–water partition coefficient (Wildman–Crippen LogP) is 2.97. The van der Waals surface area contributed by atoms with Crippen molar-refractivity contribution in [3.05, 3.63) is 62.8 Å². The van der Waals surface area contributed by atoms with Crippen LogP contribution in [0.1, 0.15) is 32.8 Å². The molecule has 2 aromatic heterocycles. The van der Waals surface area contributed by atoms with Gasteiger partial charge in [0, 0.05) is 13.6 Å². The number of rotatable bonds is 7. The van der Waals surface area contributed by atoms with Gasteiger partial charge >= 0.3 is 5.69 Å². The Bertz CT molecular complexity index is 1170. The molecule has 2 N–H and O–H groups in total. The molecule has 0 radical (unpaired) electrons. The Morgan fingerprint density at radius 1 is 1.28 bits per heavy atom. The lowest BCUT2D eigenvalue weighted by molar-refractivity contribution is 0.524. The smallest absolute Gasteiger partial charge is 0.303 e. The normalized spacial score (nSPS) is 12.4. The molecule has 8 nitrogen and oxygen atoms in total. The Labute approximate surface area is 168 Å². The van der Waals surface area contributed by atoms with Crippen molar-refractivity contribution >= 4 is 28.9 Å². The Kier molecular flexibility index (Phi) is 6.11. The molecule has 1 aromatic carbocycles. The predicted molar refractivity (Wildman–Crippen MR) is 117 cm³/mol. The van der Waals surface area contributed by atoms with Crippen molar-refractivity contribution in [3.63, 3.8) is 0 Å². The monoisotopic (exact) mass is 394 g/mol. The second-order valence-corrected chi connectivity index (χ2v) is 7.37. The maximum atomic E-state index is 12.4. The van der Waals surface area contributed by atoms with Gasteiger partial charge in [0.25, 0.3) is 5.56 Å². The van der Waals surface area contributed by atoms with E-state index in [1.807, 2.05) is 49.4 Å². The zero-order valence-corrected chi connectivity index (χ0v) is 17.1. The molecule has 0 saturated heterocycles. The lowest BCUT2D eigenvalue weighted by atomic mass is 10.1. The Morgan fingerprint density at radius 2 is 2.00 bits per heavy atom. The summed E-state index contributed by atoms with van der Waals surface area (Å²) < 4.78 is 3.12. The molecular formula is C21H26N6O2. The standard InChI is InChI=1S/C21H26N6O2/c1-14(2)12-13-27-17-18(26(4)21(29)23-19(17)28)22-20(27)25-24-15(3)10-11-16-8-6-5-7-9-16/h5-11,14H,12-13H2,1-4H3,(H,22,25)(H,23,28,29)/b11-10+,24-15-. The van der Waals surface area contributed by atoms with Gasteiger partial charge in [-0.05, 0) is 30.9 Å². The van der Waals surface area contributed by atoms with Gasteiger partial charge in [0.15, 0.2) is 11.2 Å². The molecule has 152 valence electrons. The molecule has 0 aliphatic carbocycles. The Morgan fingerprint density at radius 3 is 2.69 bits per heavy atom. The minimum atomic E-state index is -0.493. The molecule has 0 atom stereocenters. The quantitative estimate of drug-likeness (QED) is 0.475. The molecule has 29 heavy (non-hydrogen) atoms. The number of fused-ring (bicyclic) bond motifs is 1. The summed E-state index contributed by atoms with van der Waals surface area (Å²) in [6, 6.07) is 9.94. The second kappa shape index (κ2) is 8.72. The van der Waals surface area contributed by atoms with E-state index in [-0.39, 0.29) is 0 Å². The number of nitrogens with one attached hydrogen (secondary N) is 2. The van der Waals surface area contributed by atoms with Gasteiger partial charge in [0.1, 0.15) is 0 Å². The fourth-order valence-corrected chi connectivity index (χ4v) is 2.88. The van der Waals surface area contributed by atoms with Crippen molar-refractivity contribution in [2.75, 3.05) is 5.43 Å². The van der Waals surface area contributed by atoms with E-state index in [0.717, 1.165) is 17.7 Å². The fraction of sp³-hybridized carbons (Fsp3) is 0.333. The lowest BCUT2D eigenvalue weighted by Crippen LogP contribution is -2.29. The number of aryl methyl sites for hydroxylation is 2. The molecule has 0 saturated carbocycles. The molecule has 2 heterocycles. The number of aromatic nitrogens is 4. The number of nitrogens with zero attached hydrogens (tertiary/aromatic N) is 4. The number of anilines is 1. The van der Waals surface area contributed by atoms with Crippen LogP contribution in [0.2, 0.25) is 0 Å². The molecule has 0 unspecified atom stereocenters. The number of H-pyrrole nitrogens is 1. The minimum Gasteiger partial charge on any atom is -0.303 e. The highest BCUT2D eigenvalue weighted by Crippen LogP contribution is 2.17. The summed E-state index contributed by atoms with van der Waals surface area (Å²) in [5.74, 6) is 0.880. The van der Waals surface area contributed by atoms with E-state index in [1.54, 1.807) is 11.6 Å². The van der Waals surface area contributed by atoms with E-state index in [1.165, 1.54) is 4.57 Å². The van der Waals surface area contributed by atoms with Crippen LogP contribution >= 0.6 is 0 Å². The summed E-state index contributed by atoms with van der Waals surface area (Å²) in [5, 5.41) is 4.37. The summed E-state index contributed by atoms with van der Waals surface area (Å²) in [4.78, 5) is 31.2. The molecule has 3 aromatic rings. The first-order valence-corrected chi connectivity index (χ1v) is 9.59. The number of hydrogen-bond acceptors (Lipinski definition) is 5. The van der Waals surface area contributed by atoms with Gasteiger partial charge in [-0.15, -0.1) is 0 Å². The van der Waals surface area contributed by atoms with Crippen LogP contribution in [0.15, 0.2) is 51.1 Å². The second-order valence-electron chi connectivity index (χ2n) is 7.37. The van der Waals surface area contributed by atoms with Crippen LogP contribution in [0, 0.1) is 5.92 Å². The summed E-state index contributed by atoms with van der Waals surface area (Å²) in [6.07, 6.45) is 4.72. The fourth-order valence-electron chi connectivity index (χ4n) is 2.88. The van der Waals surface area contributed by atoms with Gasteiger partial charge in [-0.1, -0.05) is 50.3 Å². The molecule has 3 rings (SSSR count).